The lowest BCUT2D eigenvalue weighted by molar-refractivity contribution is 0.0943. The quantitative estimate of drug-likeness (QED) is 0.529. The molecular formula is C24H30N6O. The Hall–Kier alpha value is -3.35. The Morgan fingerprint density at radius 2 is 1.84 bits per heavy atom. The van der Waals surface area contributed by atoms with Gasteiger partial charge in [-0.2, -0.15) is 4.98 Å². The van der Waals surface area contributed by atoms with E-state index in [1.54, 1.807) is 24.3 Å². The number of para-hydroxylation sites is 1. The smallest absolute Gasteiger partial charge is 0.251 e. The van der Waals surface area contributed by atoms with Gasteiger partial charge in [0, 0.05) is 43.3 Å². The standard InChI is InChI=1S/C24H30N6O/c1-30(2)22-20-8-3-4-9-21(20)28-24(29-22)27-19-12-10-16(11-13-19)15-26-23(31)17-6-5-7-18(25)14-17/h3-9,14,16,19H,10-13,15,25H2,1-2H3,(H,26,31)(H,27,28,29)/t16-,19+. The minimum Gasteiger partial charge on any atom is -0.399 e. The van der Waals surface area contributed by atoms with Crippen molar-refractivity contribution in [1.29, 1.82) is 0 Å². The van der Waals surface area contributed by atoms with E-state index in [1.165, 1.54) is 0 Å². The normalized spacial score (nSPS) is 18.5. The molecule has 0 saturated heterocycles. The summed E-state index contributed by atoms with van der Waals surface area (Å²) in [7, 11) is 4.00. The highest BCUT2D eigenvalue weighted by molar-refractivity contribution is 5.95. The molecule has 2 aromatic carbocycles. The number of carbonyl (C=O) groups is 1. The van der Waals surface area contributed by atoms with Crippen molar-refractivity contribution in [1.82, 2.24) is 15.3 Å². The molecule has 0 atom stereocenters. The number of nitrogens with zero attached hydrogens (tertiary/aromatic N) is 3. The van der Waals surface area contributed by atoms with Crippen molar-refractivity contribution in [3.63, 3.8) is 0 Å². The van der Waals surface area contributed by atoms with Crippen LogP contribution in [0.15, 0.2) is 48.5 Å². The summed E-state index contributed by atoms with van der Waals surface area (Å²) >= 11 is 0. The maximum Gasteiger partial charge on any atom is 0.251 e. The van der Waals surface area contributed by atoms with Crippen LogP contribution in [0, 0.1) is 5.92 Å². The van der Waals surface area contributed by atoms with Gasteiger partial charge in [0.15, 0.2) is 0 Å². The van der Waals surface area contributed by atoms with Crippen LogP contribution in [-0.4, -0.2) is 42.6 Å². The van der Waals surface area contributed by atoms with Crippen LogP contribution in [0.5, 0.6) is 0 Å². The molecule has 0 spiro atoms. The van der Waals surface area contributed by atoms with E-state index in [1.807, 2.05) is 37.2 Å². The monoisotopic (exact) mass is 418 g/mol. The molecule has 1 aliphatic rings. The van der Waals surface area contributed by atoms with E-state index >= 15 is 0 Å². The molecule has 0 radical (unpaired) electrons. The number of hydrogen-bond donors (Lipinski definition) is 3. The van der Waals surface area contributed by atoms with Crippen LogP contribution in [0.1, 0.15) is 36.0 Å². The van der Waals surface area contributed by atoms with Gasteiger partial charge in [-0.25, -0.2) is 4.98 Å². The maximum absolute atomic E-state index is 12.3. The second-order valence-electron chi connectivity index (χ2n) is 8.48. The maximum atomic E-state index is 12.3. The van der Waals surface area contributed by atoms with E-state index in [9.17, 15) is 4.79 Å². The molecular weight excluding hydrogens is 388 g/mol. The van der Waals surface area contributed by atoms with Gasteiger partial charge in [0.25, 0.3) is 5.91 Å². The van der Waals surface area contributed by atoms with Crippen molar-refractivity contribution in [2.75, 3.05) is 36.6 Å². The van der Waals surface area contributed by atoms with Crippen LogP contribution in [0.2, 0.25) is 0 Å². The summed E-state index contributed by atoms with van der Waals surface area (Å²) in [5.74, 6) is 2.03. The van der Waals surface area contributed by atoms with E-state index < -0.39 is 0 Å². The largest absolute Gasteiger partial charge is 0.399 e. The number of fused-ring (bicyclic) bond motifs is 1. The fourth-order valence-electron chi connectivity index (χ4n) is 4.18. The molecule has 7 nitrogen and oxygen atoms in total. The number of nitrogens with two attached hydrogens (primary N) is 1. The van der Waals surface area contributed by atoms with E-state index in [2.05, 4.69) is 16.7 Å². The van der Waals surface area contributed by atoms with Gasteiger partial charge in [-0.1, -0.05) is 18.2 Å². The second-order valence-corrected chi connectivity index (χ2v) is 8.48. The molecule has 0 bridgehead atoms. The molecule has 7 heteroatoms. The van der Waals surface area contributed by atoms with Crippen LogP contribution in [-0.2, 0) is 0 Å². The van der Waals surface area contributed by atoms with Gasteiger partial charge in [-0.05, 0) is 61.9 Å². The lowest BCUT2D eigenvalue weighted by atomic mass is 9.86. The Morgan fingerprint density at radius 1 is 1.06 bits per heavy atom. The molecule has 1 heterocycles. The molecule has 1 saturated carbocycles. The highest BCUT2D eigenvalue weighted by atomic mass is 16.1. The molecule has 1 amide bonds. The summed E-state index contributed by atoms with van der Waals surface area (Å²) in [4.78, 5) is 23.8. The lowest BCUT2D eigenvalue weighted by Crippen LogP contribution is -2.34. The Morgan fingerprint density at radius 3 is 2.58 bits per heavy atom. The zero-order chi connectivity index (χ0) is 21.8. The van der Waals surface area contributed by atoms with E-state index in [0.29, 0.717) is 35.7 Å². The average Bonchev–Trinajstić information content (AvgIpc) is 2.77. The molecule has 1 aromatic heterocycles. The number of aromatic nitrogens is 2. The van der Waals surface area contributed by atoms with Crippen molar-refractivity contribution in [2.24, 2.45) is 5.92 Å². The summed E-state index contributed by atoms with van der Waals surface area (Å²) in [6.07, 6.45) is 4.19. The topological polar surface area (TPSA) is 96.2 Å². The number of benzene rings is 2. The Kier molecular flexibility index (Phi) is 6.21. The fraction of sp³-hybridized carbons (Fsp3) is 0.375. The Labute approximate surface area is 183 Å². The van der Waals surface area contributed by atoms with Gasteiger partial charge >= 0.3 is 0 Å². The number of nitrogens with one attached hydrogen (secondary N) is 2. The molecule has 4 rings (SSSR count). The summed E-state index contributed by atoms with van der Waals surface area (Å²) < 4.78 is 0. The van der Waals surface area contributed by atoms with Gasteiger partial charge in [-0.15, -0.1) is 0 Å². The molecule has 1 fully saturated rings. The van der Waals surface area contributed by atoms with Gasteiger partial charge in [-0.3, -0.25) is 4.79 Å². The molecule has 1 aliphatic carbocycles. The van der Waals surface area contributed by atoms with Crippen LogP contribution < -0.4 is 21.3 Å². The molecule has 4 N–H and O–H groups in total. The van der Waals surface area contributed by atoms with Crippen molar-refractivity contribution in [3.8, 4) is 0 Å². The predicted octanol–water partition coefficient (Wildman–Crippen LogP) is 3.68. The number of nitrogen functional groups attached to an aromatic ring is 1. The summed E-state index contributed by atoms with van der Waals surface area (Å²) in [5, 5.41) is 7.64. The van der Waals surface area contributed by atoms with Crippen LogP contribution in [0.25, 0.3) is 10.9 Å². The zero-order valence-corrected chi connectivity index (χ0v) is 18.1. The summed E-state index contributed by atoms with van der Waals surface area (Å²) in [6.45, 7) is 0.692. The van der Waals surface area contributed by atoms with Crippen molar-refractivity contribution < 1.29 is 4.79 Å². The summed E-state index contributed by atoms with van der Waals surface area (Å²) in [5.41, 5.74) is 7.93. The highest BCUT2D eigenvalue weighted by Gasteiger charge is 2.23. The van der Waals surface area contributed by atoms with Crippen molar-refractivity contribution >= 4 is 34.3 Å². The third-order valence-electron chi connectivity index (χ3n) is 5.89. The third kappa shape index (κ3) is 5.05. The van der Waals surface area contributed by atoms with E-state index in [-0.39, 0.29) is 5.91 Å². The Balaban J connectivity index is 1.32. The zero-order valence-electron chi connectivity index (χ0n) is 18.1. The van der Waals surface area contributed by atoms with Crippen molar-refractivity contribution in [2.45, 2.75) is 31.7 Å². The van der Waals surface area contributed by atoms with Gasteiger partial charge in [0.1, 0.15) is 5.82 Å². The van der Waals surface area contributed by atoms with Crippen LogP contribution in [0.3, 0.4) is 0 Å². The average molecular weight is 419 g/mol. The van der Waals surface area contributed by atoms with Crippen LogP contribution in [0.4, 0.5) is 17.5 Å². The number of hydrogen-bond acceptors (Lipinski definition) is 6. The molecule has 0 unspecified atom stereocenters. The van der Waals surface area contributed by atoms with Crippen molar-refractivity contribution in [3.05, 3.63) is 54.1 Å². The first-order valence-electron chi connectivity index (χ1n) is 10.8. The molecule has 0 aliphatic heterocycles. The second kappa shape index (κ2) is 9.20. The van der Waals surface area contributed by atoms with Crippen LogP contribution >= 0.6 is 0 Å². The SMILES string of the molecule is CN(C)c1nc(N[C@H]2CC[C@@H](CNC(=O)c3cccc(N)c3)CC2)nc2ccccc12. The highest BCUT2D eigenvalue weighted by Crippen LogP contribution is 2.28. The van der Waals surface area contributed by atoms with E-state index in [0.717, 1.165) is 42.4 Å². The lowest BCUT2D eigenvalue weighted by Gasteiger charge is -2.29. The predicted molar refractivity (Wildman–Crippen MR) is 126 cm³/mol. The Bertz CT molecular complexity index is 1060. The first-order valence-corrected chi connectivity index (χ1v) is 10.8. The fourth-order valence-corrected chi connectivity index (χ4v) is 4.18. The van der Waals surface area contributed by atoms with Gasteiger partial charge in [0.2, 0.25) is 5.95 Å². The first-order chi connectivity index (χ1) is 15.0. The number of carbonyl (C=O) groups excluding carboxylic acids is 1. The van der Waals surface area contributed by atoms with E-state index in [4.69, 9.17) is 15.7 Å². The van der Waals surface area contributed by atoms with Gasteiger partial charge < -0.3 is 21.3 Å². The minimum atomic E-state index is -0.0617. The molecule has 162 valence electrons. The minimum absolute atomic E-state index is 0.0617. The van der Waals surface area contributed by atoms with Gasteiger partial charge in [0.05, 0.1) is 5.52 Å². The first kappa shape index (κ1) is 20.9. The molecule has 31 heavy (non-hydrogen) atoms. The number of rotatable bonds is 6. The number of amides is 1. The summed E-state index contributed by atoms with van der Waals surface area (Å²) in [6, 6.07) is 15.5. The third-order valence-corrected chi connectivity index (χ3v) is 5.89. The molecule has 3 aromatic rings. The number of anilines is 3.